The number of aromatic nitrogens is 1. The summed E-state index contributed by atoms with van der Waals surface area (Å²) in [6, 6.07) is 2.82. The van der Waals surface area contributed by atoms with Crippen LogP contribution in [-0.2, 0) is 10.0 Å². The molecule has 2 N–H and O–H groups in total. The SMILES string of the molecule is CC1(C)CCC(O)(CNS(=O)(=O)c2ccc(Cl)nc2)CC1. The Kier molecular flexibility index (Phi) is 4.63. The van der Waals surface area contributed by atoms with Crippen molar-refractivity contribution in [1.29, 1.82) is 0 Å². The molecule has 7 heteroatoms. The highest BCUT2D eigenvalue weighted by atomic mass is 35.5. The fourth-order valence-corrected chi connectivity index (χ4v) is 3.58. The Labute approximate surface area is 130 Å². The van der Waals surface area contributed by atoms with Gasteiger partial charge in [-0.05, 0) is 43.2 Å². The summed E-state index contributed by atoms with van der Waals surface area (Å²) in [6.07, 6.45) is 4.17. The third-order valence-electron chi connectivity index (χ3n) is 4.14. The molecular formula is C14H21ClN2O3S. The Bertz CT molecular complexity index is 589. The number of sulfonamides is 1. The van der Waals surface area contributed by atoms with Gasteiger partial charge >= 0.3 is 0 Å². The zero-order valence-electron chi connectivity index (χ0n) is 12.3. The summed E-state index contributed by atoms with van der Waals surface area (Å²) >= 11 is 5.64. The first kappa shape index (κ1) is 16.7. The number of hydrogen-bond donors (Lipinski definition) is 2. The van der Waals surface area contributed by atoms with E-state index >= 15 is 0 Å². The molecule has 1 aliphatic rings. The van der Waals surface area contributed by atoms with Crippen LogP contribution in [0.2, 0.25) is 5.15 Å². The second-order valence-corrected chi connectivity index (χ2v) is 8.68. The van der Waals surface area contributed by atoms with Gasteiger partial charge in [0, 0.05) is 12.7 Å². The summed E-state index contributed by atoms with van der Waals surface area (Å²) < 4.78 is 26.8. The highest BCUT2D eigenvalue weighted by Crippen LogP contribution is 2.39. The normalized spacial score (nSPS) is 21.1. The third-order valence-corrected chi connectivity index (χ3v) is 5.75. The van der Waals surface area contributed by atoms with Gasteiger partial charge in [0.1, 0.15) is 10.0 Å². The second kappa shape index (κ2) is 5.83. The van der Waals surface area contributed by atoms with Gasteiger partial charge in [0.15, 0.2) is 0 Å². The van der Waals surface area contributed by atoms with Crippen LogP contribution in [-0.4, -0.2) is 30.7 Å². The van der Waals surface area contributed by atoms with Gasteiger partial charge in [0.25, 0.3) is 0 Å². The molecular weight excluding hydrogens is 312 g/mol. The van der Waals surface area contributed by atoms with Crippen molar-refractivity contribution in [1.82, 2.24) is 9.71 Å². The van der Waals surface area contributed by atoms with E-state index in [1.54, 1.807) is 0 Å². The molecule has 1 heterocycles. The van der Waals surface area contributed by atoms with Crippen LogP contribution >= 0.6 is 11.6 Å². The van der Waals surface area contributed by atoms with Gasteiger partial charge in [-0.3, -0.25) is 0 Å². The van der Waals surface area contributed by atoms with Crippen LogP contribution in [0, 0.1) is 5.41 Å². The highest BCUT2D eigenvalue weighted by molar-refractivity contribution is 7.89. The lowest BCUT2D eigenvalue weighted by atomic mass is 9.71. The quantitative estimate of drug-likeness (QED) is 0.829. The van der Waals surface area contributed by atoms with Gasteiger partial charge < -0.3 is 5.11 Å². The molecule has 1 aliphatic carbocycles. The highest BCUT2D eigenvalue weighted by Gasteiger charge is 2.37. The van der Waals surface area contributed by atoms with Gasteiger partial charge in [-0.1, -0.05) is 25.4 Å². The number of rotatable bonds is 4. The topological polar surface area (TPSA) is 79.3 Å². The van der Waals surface area contributed by atoms with Crippen molar-refractivity contribution in [2.75, 3.05) is 6.54 Å². The van der Waals surface area contributed by atoms with Gasteiger partial charge in [-0.15, -0.1) is 0 Å². The zero-order valence-corrected chi connectivity index (χ0v) is 13.8. The molecule has 0 aromatic carbocycles. The van der Waals surface area contributed by atoms with Crippen molar-refractivity contribution in [2.45, 2.75) is 50.0 Å². The van der Waals surface area contributed by atoms with E-state index in [4.69, 9.17) is 11.6 Å². The summed E-state index contributed by atoms with van der Waals surface area (Å²) in [5, 5.41) is 10.7. The molecule has 1 saturated carbocycles. The first-order valence-electron chi connectivity index (χ1n) is 6.96. The Balaban J connectivity index is 2.00. The number of pyridine rings is 1. The van der Waals surface area contributed by atoms with Gasteiger partial charge in [0.2, 0.25) is 10.0 Å². The first-order valence-corrected chi connectivity index (χ1v) is 8.82. The van der Waals surface area contributed by atoms with Gasteiger partial charge in [-0.25, -0.2) is 18.1 Å². The minimum Gasteiger partial charge on any atom is -0.389 e. The molecule has 0 aliphatic heterocycles. The van der Waals surface area contributed by atoms with Crippen molar-refractivity contribution < 1.29 is 13.5 Å². The maximum atomic E-state index is 12.2. The second-order valence-electron chi connectivity index (χ2n) is 6.53. The molecule has 1 aromatic rings. The average molecular weight is 333 g/mol. The fourth-order valence-electron chi connectivity index (χ4n) is 2.40. The molecule has 0 bridgehead atoms. The van der Waals surface area contributed by atoms with Gasteiger partial charge in [-0.2, -0.15) is 0 Å². The van der Waals surface area contributed by atoms with Crippen molar-refractivity contribution in [3.63, 3.8) is 0 Å². The van der Waals surface area contributed by atoms with Crippen molar-refractivity contribution >= 4 is 21.6 Å². The Morgan fingerprint density at radius 2 is 1.90 bits per heavy atom. The third kappa shape index (κ3) is 4.39. The maximum absolute atomic E-state index is 12.2. The summed E-state index contributed by atoms with van der Waals surface area (Å²) in [4.78, 5) is 3.81. The molecule has 2 rings (SSSR count). The van der Waals surface area contributed by atoms with Crippen LogP contribution in [0.5, 0.6) is 0 Å². The minimum absolute atomic E-state index is 0.0219. The Hall–Kier alpha value is -0.690. The summed E-state index contributed by atoms with van der Waals surface area (Å²) in [5.41, 5.74) is -0.756. The fraction of sp³-hybridized carbons (Fsp3) is 0.643. The summed E-state index contributed by atoms with van der Waals surface area (Å²) in [5.74, 6) is 0. The molecule has 5 nitrogen and oxygen atoms in total. The van der Waals surface area contributed by atoms with Crippen molar-refractivity contribution in [3.05, 3.63) is 23.5 Å². The van der Waals surface area contributed by atoms with Crippen LogP contribution in [0.4, 0.5) is 0 Å². The number of nitrogens with one attached hydrogen (secondary N) is 1. The van der Waals surface area contributed by atoms with E-state index in [1.165, 1.54) is 18.3 Å². The summed E-state index contributed by atoms with van der Waals surface area (Å²) in [6.45, 7) is 4.35. The molecule has 0 atom stereocenters. The molecule has 0 amide bonds. The number of nitrogens with zero attached hydrogens (tertiary/aromatic N) is 1. The molecule has 0 unspecified atom stereocenters. The molecule has 1 aromatic heterocycles. The minimum atomic E-state index is -3.67. The van der Waals surface area contributed by atoms with E-state index in [1.807, 2.05) is 0 Å². The van der Waals surface area contributed by atoms with Crippen LogP contribution in [0.25, 0.3) is 0 Å². The van der Waals surface area contributed by atoms with E-state index < -0.39 is 15.6 Å². The van der Waals surface area contributed by atoms with Crippen molar-refractivity contribution in [2.24, 2.45) is 5.41 Å². The molecule has 0 spiro atoms. The predicted molar refractivity (Wildman–Crippen MR) is 81.6 cm³/mol. The zero-order chi connectivity index (χ0) is 15.7. The number of aliphatic hydroxyl groups is 1. The summed E-state index contributed by atoms with van der Waals surface area (Å²) in [7, 11) is -3.67. The lowest BCUT2D eigenvalue weighted by Crippen LogP contribution is -2.46. The molecule has 21 heavy (non-hydrogen) atoms. The maximum Gasteiger partial charge on any atom is 0.242 e. The molecule has 0 radical (unpaired) electrons. The molecule has 118 valence electrons. The van der Waals surface area contributed by atoms with E-state index in [9.17, 15) is 13.5 Å². The van der Waals surface area contributed by atoms with Gasteiger partial charge in [0.05, 0.1) is 5.60 Å². The first-order chi connectivity index (χ1) is 9.62. The Morgan fingerprint density at radius 3 is 2.43 bits per heavy atom. The standard InChI is InChI=1S/C14H21ClN2O3S/c1-13(2)5-7-14(18,8-6-13)10-17-21(19,20)11-3-4-12(15)16-9-11/h3-4,9,17-18H,5-8,10H2,1-2H3. The monoisotopic (exact) mass is 332 g/mol. The van der Waals surface area contributed by atoms with E-state index in [-0.39, 0.29) is 22.0 Å². The number of halogens is 1. The lowest BCUT2D eigenvalue weighted by molar-refractivity contribution is -0.0205. The lowest BCUT2D eigenvalue weighted by Gasteiger charge is -2.40. The molecule has 0 saturated heterocycles. The van der Waals surface area contributed by atoms with E-state index in [0.717, 1.165) is 12.8 Å². The van der Waals surface area contributed by atoms with Crippen LogP contribution in [0.1, 0.15) is 39.5 Å². The predicted octanol–water partition coefficient (Wildman–Crippen LogP) is 2.34. The van der Waals surface area contributed by atoms with E-state index in [2.05, 4.69) is 23.6 Å². The largest absolute Gasteiger partial charge is 0.389 e. The van der Waals surface area contributed by atoms with Crippen LogP contribution < -0.4 is 4.72 Å². The van der Waals surface area contributed by atoms with Crippen LogP contribution in [0.15, 0.2) is 23.2 Å². The van der Waals surface area contributed by atoms with Crippen molar-refractivity contribution in [3.8, 4) is 0 Å². The Morgan fingerprint density at radius 1 is 1.29 bits per heavy atom. The number of hydrogen-bond acceptors (Lipinski definition) is 4. The molecule has 1 fully saturated rings. The smallest absolute Gasteiger partial charge is 0.242 e. The average Bonchev–Trinajstić information content (AvgIpc) is 2.42. The van der Waals surface area contributed by atoms with Crippen LogP contribution in [0.3, 0.4) is 0 Å². The van der Waals surface area contributed by atoms with E-state index in [0.29, 0.717) is 12.8 Å².